The van der Waals surface area contributed by atoms with Gasteiger partial charge in [0.2, 0.25) is 0 Å². The number of pyridine rings is 1. The molecule has 146 valence electrons. The molecule has 0 spiro atoms. The van der Waals surface area contributed by atoms with Gasteiger partial charge in [-0.15, -0.1) is 0 Å². The molecule has 8 heteroatoms. The van der Waals surface area contributed by atoms with Crippen molar-refractivity contribution in [1.82, 2.24) is 25.1 Å². The average Bonchev–Trinajstić information content (AvgIpc) is 3.43. The summed E-state index contributed by atoms with van der Waals surface area (Å²) in [6.07, 6.45) is 3.45. The second kappa shape index (κ2) is 7.14. The zero-order valence-corrected chi connectivity index (χ0v) is 15.4. The van der Waals surface area contributed by atoms with Crippen LogP contribution in [-0.4, -0.2) is 50.7 Å². The standard InChI is InChI=1S/C21H18FN5O2/c22-16-4-2-1-3-15(16)19-12-29-8-7-27(19)21(28)18-9-13-5-6-17(25-20(13)26-18)14-10-23-24-11-14/h1-6,9-11,19H,7-8,12H2,(H,23,24)(H,25,26). The molecule has 0 aliphatic carbocycles. The summed E-state index contributed by atoms with van der Waals surface area (Å²) in [5, 5.41) is 7.53. The number of carbonyl (C=O) groups is 1. The molecular weight excluding hydrogens is 373 g/mol. The van der Waals surface area contributed by atoms with Crippen molar-refractivity contribution < 1.29 is 13.9 Å². The van der Waals surface area contributed by atoms with Crippen molar-refractivity contribution in [2.24, 2.45) is 0 Å². The van der Waals surface area contributed by atoms with Crippen LogP contribution in [0.5, 0.6) is 0 Å². The number of benzene rings is 1. The van der Waals surface area contributed by atoms with Gasteiger partial charge in [-0.25, -0.2) is 9.37 Å². The van der Waals surface area contributed by atoms with Gasteiger partial charge in [-0.3, -0.25) is 9.89 Å². The number of fused-ring (bicyclic) bond motifs is 1. The number of amides is 1. The fourth-order valence-corrected chi connectivity index (χ4v) is 3.68. The predicted molar refractivity (Wildman–Crippen MR) is 105 cm³/mol. The van der Waals surface area contributed by atoms with Gasteiger partial charge in [0.05, 0.1) is 31.1 Å². The van der Waals surface area contributed by atoms with Crippen LogP contribution in [0, 0.1) is 5.82 Å². The molecule has 3 aromatic heterocycles. The van der Waals surface area contributed by atoms with Gasteiger partial charge in [-0.1, -0.05) is 18.2 Å². The van der Waals surface area contributed by atoms with E-state index in [4.69, 9.17) is 4.74 Å². The number of rotatable bonds is 3. The summed E-state index contributed by atoms with van der Waals surface area (Å²) in [5.74, 6) is -0.548. The summed E-state index contributed by atoms with van der Waals surface area (Å²) in [7, 11) is 0. The van der Waals surface area contributed by atoms with E-state index in [2.05, 4.69) is 20.2 Å². The van der Waals surface area contributed by atoms with E-state index in [9.17, 15) is 9.18 Å². The second-order valence-corrected chi connectivity index (χ2v) is 6.92. The number of hydrogen-bond acceptors (Lipinski definition) is 4. The van der Waals surface area contributed by atoms with Crippen LogP contribution in [0.2, 0.25) is 0 Å². The van der Waals surface area contributed by atoms with E-state index in [1.54, 1.807) is 41.6 Å². The van der Waals surface area contributed by atoms with Gasteiger partial charge < -0.3 is 14.6 Å². The lowest BCUT2D eigenvalue weighted by Gasteiger charge is -2.35. The monoisotopic (exact) mass is 391 g/mol. The highest BCUT2D eigenvalue weighted by Crippen LogP contribution is 2.29. The Morgan fingerprint density at radius 3 is 2.97 bits per heavy atom. The van der Waals surface area contributed by atoms with Crippen LogP contribution in [0.3, 0.4) is 0 Å². The van der Waals surface area contributed by atoms with Gasteiger partial charge in [-0.05, 0) is 24.3 Å². The highest BCUT2D eigenvalue weighted by atomic mass is 19.1. The predicted octanol–water partition coefficient (Wildman–Crippen LogP) is 3.31. The molecule has 4 aromatic rings. The van der Waals surface area contributed by atoms with E-state index < -0.39 is 6.04 Å². The Labute approximate surface area is 165 Å². The number of halogens is 1. The van der Waals surface area contributed by atoms with Crippen molar-refractivity contribution in [3.05, 3.63) is 71.9 Å². The molecule has 1 unspecified atom stereocenters. The molecule has 1 atom stereocenters. The Kier molecular flexibility index (Phi) is 4.33. The molecule has 1 aliphatic rings. The number of H-pyrrole nitrogens is 2. The first-order chi connectivity index (χ1) is 14.2. The SMILES string of the molecule is O=C(c1cc2ccc(-c3cn[nH]c3)nc2[nH]1)N1CCOCC1c1ccccc1F. The molecule has 4 heterocycles. The lowest BCUT2D eigenvalue weighted by Crippen LogP contribution is -2.43. The third-order valence-corrected chi connectivity index (χ3v) is 5.16. The molecule has 29 heavy (non-hydrogen) atoms. The number of aromatic nitrogens is 4. The molecule has 0 saturated carbocycles. The van der Waals surface area contributed by atoms with E-state index in [0.29, 0.717) is 30.1 Å². The average molecular weight is 391 g/mol. The van der Waals surface area contributed by atoms with Crippen molar-refractivity contribution in [2.75, 3.05) is 19.8 Å². The Balaban J connectivity index is 1.48. The number of nitrogens with one attached hydrogen (secondary N) is 2. The Bertz CT molecular complexity index is 1170. The van der Waals surface area contributed by atoms with Crippen molar-refractivity contribution >= 4 is 16.9 Å². The zero-order valence-electron chi connectivity index (χ0n) is 15.4. The van der Waals surface area contributed by atoms with Gasteiger partial charge >= 0.3 is 0 Å². The van der Waals surface area contributed by atoms with Crippen LogP contribution in [0.1, 0.15) is 22.1 Å². The fourth-order valence-electron chi connectivity index (χ4n) is 3.68. The first-order valence-electron chi connectivity index (χ1n) is 9.33. The number of carbonyl (C=O) groups excluding carboxylic acids is 1. The largest absolute Gasteiger partial charge is 0.377 e. The number of hydrogen-bond donors (Lipinski definition) is 2. The van der Waals surface area contributed by atoms with Crippen LogP contribution >= 0.6 is 0 Å². The number of aromatic amines is 2. The third-order valence-electron chi connectivity index (χ3n) is 5.16. The lowest BCUT2D eigenvalue weighted by atomic mass is 10.0. The topological polar surface area (TPSA) is 86.9 Å². The maximum atomic E-state index is 14.3. The third kappa shape index (κ3) is 3.17. The summed E-state index contributed by atoms with van der Waals surface area (Å²) in [6.45, 7) is 1.07. The van der Waals surface area contributed by atoms with Gasteiger partial charge in [0.1, 0.15) is 17.2 Å². The van der Waals surface area contributed by atoms with Crippen molar-refractivity contribution in [3.63, 3.8) is 0 Å². The molecule has 1 saturated heterocycles. The Hall–Kier alpha value is -3.52. The Morgan fingerprint density at radius 2 is 2.14 bits per heavy atom. The zero-order chi connectivity index (χ0) is 19.8. The molecule has 1 amide bonds. The second-order valence-electron chi connectivity index (χ2n) is 6.92. The minimum Gasteiger partial charge on any atom is -0.377 e. The van der Waals surface area contributed by atoms with Crippen molar-refractivity contribution in [1.29, 1.82) is 0 Å². The molecule has 1 aliphatic heterocycles. The van der Waals surface area contributed by atoms with Gasteiger partial charge in [-0.2, -0.15) is 5.10 Å². The number of nitrogens with zero attached hydrogens (tertiary/aromatic N) is 3. The van der Waals surface area contributed by atoms with E-state index in [1.165, 1.54) is 6.07 Å². The molecule has 1 fully saturated rings. The highest BCUT2D eigenvalue weighted by molar-refractivity contribution is 5.97. The quantitative estimate of drug-likeness (QED) is 0.561. The van der Waals surface area contributed by atoms with E-state index in [1.807, 2.05) is 12.1 Å². The molecule has 7 nitrogen and oxygen atoms in total. The summed E-state index contributed by atoms with van der Waals surface area (Å²) in [5.41, 5.74) is 3.10. The highest BCUT2D eigenvalue weighted by Gasteiger charge is 2.31. The van der Waals surface area contributed by atoms with Gasteiger partial charge in [0.25, 0.3) is 5.91 Å². The van der Waals surface area contributed by atoms with E-state index in [-0.39, 0.29) is 18.3 Å². The van der Waals surface area contributed by atoms with E-state index in [0.717, 1.165) is 16.6 Å². The molecule has 5 rings (SSSR count). The summed E-state index contributed by atoms with van der Waals surface area (Å²) >= 11 is 0. The maximum absolute atomic E-state index is 14.3. The molecule has 0 radical (unpaired) electrons. The first kappa shape index (κ1) is 17.6. The van der Waals surface area contributed by atoms with Gasteiger partial charge in [0.15, 0.2) is 0 Å². The van der Waals surface area contributed by atoms with Crippen LogP contribution in [0.15, 0.2) is 54.9 Å². The normalized spacial score (nSPS) is 17.0. The van der Waals surface area contributed by atoms with Crippen molar-refractivity contribution in [3.8, 4) is 11.3 Å². The van der Waals surface area contributed by atoms with Crippen LogP contribution in [0.25, 0.3) is 22.3 Å². The summed E-state index contributed by atoms with van der Waals surface area (Å²) in [4.78, 5) is 22.6. The number of ether oxygens (including phenoxy) is 1. The summed E-state index contributed by atoms with van der Waals surface area (Å²) in [6, 6.07) is 11.6. The molecule has 2 N–H and O–H groups in total. The van der Waals surface area contributed by atoms with Gasteiger partial charge in [0, 0.05) is 29.3 Å². The minimum absolute atomic E-state index is 0.204. The van der Waals surface area contributed by atoms with Crippen LogP contribution in [0.4, 0.5) is 4.39 Å². The first-order valence-corrected chi connectivity index (χ1v) is 9.33. The Morgan fingerprint density at radius 1 is 1.24 bits per heavy atom. The fraction of sp³-hybridized carbons (Fsp3) is 0.190. The maximum Gasteiger partial charge on any atom is 0.271 e. The number of morpholine rings is 1. The van der Waals surface area contributed by atoms with Crippen LogP contribution < -0.4 is 0 Å². The molecular formula is C21H18FN5O2. The van der Waals surface area contributed by atoms with Crippen LogP contribution in [-0.2, 0) is 4.74 Å². The molecule has 1 aromatic carbocycles. The smallest absolute Gasteiger partial charge is 0.271 e. The minimum atomic E-state index is -0.474. The molecule has 0 bridgehead atoms. The lowest BCUT2D eigenvalue weighted by molar-refractivity contribution is -0.00389. The van der Waals surface area contributed by atoms with Crippen molar-refractivity contribution in [2.45, 2.75) is 6.04 Å². The summed E-state index contributed by atoms with van der Waals surface area (Å²) < 4.78 is 19.9. The van der Waals surface area contributed by atoms with E-state index >= 15 is 0 Å².